The highest BCUT2D eigenvalue weighted by atomic mass is 19.1. The molecule has 0 amide bonds. The third kappa shape index (κ3) is 2.38. The summed E-state index contributed by atoms with van der Waals surface area (Å²) in [5.41, 5.74) is 1.66. The molecule has 0 radical (unpaired) electrons. The molecule has 24 heavy (non-hydrogen) atoms. The molecule has 1 aliphatic rings. The first-order chi connectivity index (χ1) is 11.8. The number of rotatable bonds is 2. The van der Waals surface area contributed by atoms with E-state index in [0.29, 0.717) is 11.6 Å². The first-order valence-corrected chi connectivity index (χ1v) is 8.01. The van der Waals surface area contributed by atoms with Crippen LogP contribution in [0.3, 0.4) is 0 Å². The van der Waals surface area contributed by atoms with Gasteiger partial charge in [-0.25, -0.2) is 4.39 Å². The smallest absolute Gasteiger partial charge is 0.160 e. The number of halogens is 1. The number of nitriles is 1. The molecule has 1 fully saturated rings. The van der Waals surface area contributed by atoms with Gasteiger partial charge in [-0.2, -0.15) is 5.26 Å². The zero-order valence-corrected chi connectivity index (χ0v) is 13.1. The van der Waals surface area contributed by atoms with Crippen LogP contribution in [0.1, 0.15) is 30.1 Å². The summed E-state index contributed by atoms with van der Waals surface area (Å²) in [5.74, 6) is 0.836. The summed E-state index contributed by atoms with van der Waals surface area (Å²) in [6.45, 7) is 1.54. The molecule has 0 saturated carbocycles. The van der Waals surface area contributed by atoms with Crippen molar-refractivity contribution in [2.24, 2.45) is 0 Å². The van der Waals surface area contributed by atoms with Crippen molar-refractivity contribution in [2.75, 3.05) is 18.0 Å². The maximum Gasteiger partial charge on any atom is 0.160 e. The number of fused-ring (bicyclic) bond motifs is 1. The van der Waals surface area contributed by atoms with Gasteiger partial charge in [0.25, 0.3) is 0 Å². The molecule has 0 N–H and O–H groups in total. The largest absolute Gasteiger partial charge is 0.370 e. The van der Waals surface area contributed by atoms with Crippen LogP contribution in [0.5, 0.6) is 0 Å². The minimum Gasteiger partial charge on any atom is -0.370 e. The molecule has 0 bridgehead atoms. The van der Waals surface area contributed by atoms with Crippen LogP contribution in [0, 0.1) is 17.1 Å². The van der Waals surface area contributed by atoms with Gasteiger partial charge in [-0.1, -0.05) is 12.1 Å². The summed E-state index contributed by atoms with van der Waals surface area (Å²) < 4.78 is 15.8. The second-order valence-electron chi connectivity index (χ2n) is 5.99. The van der Waals surface area contributed by atoms with Crippen molar-refractivity contribution in [2.45, 2.75) is 18.8 Å². The fraction of sp³-hybridized carbons (Fsp3) is 0.278. The Balaban J connectivity index is 1.56. The molecular weight excluding hydrogens is 305 g/mol. The lowest BCUT2D eigenvalue weighted by molar-refractivity contribution is 0.481. The zero-order valence-electron chi connectivity index (χ0n) is 13.1. The predicted octanol–water partition coefficient (Wildman–Crippen LogP) is 3.12. The Morgan fingerprint density at radius 1 is 1.08 bits per heavy atom. The van der Waals surface area contributed by atoms with E-state index in [1.165, 1.54) is 6.07 Å². The SMILES string of the molecule is N#Cc1c(F)cccc1N1CCC(c2nnc3ccccn23)CC1. The fourth-order valence-corrected chi connectivity index (χ4v) is 3.40. The van der Waals surface area contributed by atoms with E-state index < -0.39 is 5.82 Å². The number of pyridine rings is 1. The normalized spacial score (nSPS) is 15.6. The van der Waals surface area contributed by atoms with E-state index in [2.05, 4.69) is 15.1 Å². The van der Waals surface area contributed by atoms with Crippen molar-refractivity contribution in [3.63, 3.8) is 0 Å². The summed E-state index contributed by atoms with van der Waals surface area (Å²) in [6.07, 6.45) is 3.78. The number of aromatic nitrogens is 3. The summed E-state index contributed by atoms with van der Waals surface area (Å²) in [5, 5.41) is 17.8. The van der Waals surface area contributed by atoms with E-state index >= 15 is 0 Å². The molecule has 3 heterocycles. The Bertz CT molecular complexity index is 919. The summed E-state index contributed by atoms with van der Waals surface area (Å²) in [4.78, 5) is 2.08. The number of benzene rings is 1. The Morgan fingerprint density at radius 3 is 2.71 bits per heavy atom. The standard InChI is InChI=1S/C18H16FN5/c19-15-4-3-5-16(14(15)12-20)23-10-7-13(8-11-23)18-22-21-17-6-1-2-9-24(17)18/h1-6,9,13H,7-8,10-11H2. The van der Waals surface area contributed by atoms with Crippen molar-refractivity contribution in [3.05, 3.63) is 59.8 Å². The molecule has 1 aliphatic heterocycles. The molecule has 0 unspecified atom stereocenters. The second kappa shape index (κ2) is 5.93. The average molecular weight is 321 g/mol. The summed E-state index contributed by atoms with van der Waals surface area (Å²) in [6, 6.07) is 12.6. The van der Waals surface area contributed by atoms with Crippen molar-refractivity contribution >= 4 is 11.3 Å². The van der Waals surface area contributed by atoms with Gasteiger partial charge in [-0.3, -0.25) is 4.40 Å². The molecule has 0 aliphatic carbocycles. The van der Waals surface area contributed by atoms with Crippen LogP contribution in [0.15, 0.2) is 42.6 Å². The monoisotopic (exact) mass is 321 g/mol. The molecule has 0 spiro atoms. The Kier molecular flexibility index (Phi) is 3.62. The van der Waals surface area contributed by atoms with Crippen LogP contribution in [0.4, 0.5) is 10.1 Å². The van der Waals surface area contributed by atoms with Gasteiger partial charge in [0, 0.05) is 25.2 Å². The molecule has 1 aromatic carbocycles. The highest BCUT2D eigenvalue weighted by Gasteiger charge is 2.26. The van der Waals surface area contributed by atoms with Crippen molar-refractivity contribution < 1.29 is 4.39 Å². The van der Waals surface area contributed by atoms with Crippen LogP contribution in [-0.2, 0) is 0 Å². The van der Waals surface area contributed by atoms with Gasteiger partial charge in [-0.15, -0.1) is 10.2 Å². The van der Waals surface area contributed by atoms with Crippen LogP contribution >= 0.6 is 0 Å². The van der Waals surface area contributed by atoms with Gasteiger partial charge in [0.05, 0.1) is 5.69 Å². The van der Waals surface area contributed by atoms with E-state index in [1.807, 2.05) is 40.9 Å². The Labute approximate surface area is 139 Å². The van der Waals surface area contributed by atoms with Crippen LogP contribution in [-0.4, -0.2) is 27.7 Å². The first kappa shape index (κ1) is 14.6. The zero-order chi connectivity index (χ0) is 16.5. The molecule has 3 aromatic rings. The van der Waals surface area contributed by atoms with Crippen LogP contribution in [0.25, 0.3) is 5.65 Å². The Hall–Kier alpha value is -2.94. The fourth-order valence-electron chi connectivity index (χ4n) is 3.40. The molecular formula is C18H16FN5. The lowest BCUT2D eigenvalue weighted by Gasteiger charge is -2.33. The minimum atomic E-state index is -0.458. The molecule has 5 nitrogen and oxygen atoms in total. The number of nitrogens with zero attached hydrogens (tertiary/aromatic N) is 5. The molecule has 0 atom stereocenters. The molecule has 6 heteroatoms. The summed E-state index contributed by atoms with van der Waals surface area (Å²) >= 11 is 0. The van der Waals surface area contributed by atoms with E-state index in [-0.39, 0.29) is 5.56 Å². The van der Waals surface area contributed by atoms with Gasteiger partial charge in [0.15, 0.2) is 5.65 Å². The van der Waals surface area contributed by atoms with Gasteiger partial charge >= 0.3 is 0 Å². The summed E-state index contributed by atoms with van der Waals surface area (Å²) in [7, 11) is 0. The maximum absolute atomic E-state index is 13.8. The predicted molar refractivity (Wildman–Crippen MR) is 88.3 cm³/mol. The van der Waals surface area contributed by atoms with Crippen molar-refractivity contribution in [1.82, 2.24) is 14.6 Å². The van der Waals surface area contributed by atoms with Gasteiger partial charge in [0.2, 0.25) is 0 Å². The van der Waals surface area contributed by atoms with E-state index in [1.54, 1.807) is 6.07 Å². The molecule has 120 valence electrons. The van der Waals surface area contributed by atoms with Crippen LogP contribution in [0.2, 0.25) is 0 Å². The maximum atomic E-state index is 13.8. The third-order valence-electron chi connectivity index (χ3n) is 4.64. The average Bonchev–Trinajstić information content (AvgIpc) is 3.06. The first-order valence-electron chi connectivity index (χ1n) is 8.01. The Morgan fingerprint density at radius 2 is 1.92 bits per heavy atom. The van der Waals surface area contributed by atoms with E-state index in [0.717, 1.165) is 37.4 Å². The van der Waals surface area contributed by atoms with E-state index in [4.69, 9.17) is 0 Å². The highest BCUT2D eigenvalue weighted by molar-refractivity contribution is 5.60. The van der Waals surface area contributed by atoms with Gasteiger partial charge in [0.1, 0.15) is 23.3 Å². The molecule has 2 aromatic heterocycles. The third-order valence-corrected chi connectivity index (χ3v) is 4.64. The van der Waals surface area contributed by atoms with Gasteiger partial charge in [-0.05, 0) is 37.1 Å². The van der Waals surface area contributed by atoms with Gasteiger partial charge < -0.3 is 4.90 Å². The lowest BCUT2D eigenvalue weighted by atomic mass is 9.95. The minimum absolute atomic E-state index is 0.129. The highest BCUT2D eigenvalue weighted by Crippen LogP contribution is 2.31. The molecule has 1 saturated heterocycles. The number of piperidine rings is 1. The lowest BCUT2D eigenvalue weighted by Crippen LogP contribution is -2.34. The van der Waals surface area contributed by atoms with Crippen molar-refractivity contribution in [3.8, 4) is 6.07 Å². The number of hydrogen-bond acceptors (Lipinski definition) is 4. The number of anilines is 1. The van der Waals surface area contributed by atoms with E-state index in [9.17, 15) is 9.65 Å². The topological polar surface area (TPSA) is 57.2 Å². The number of hydrogen-bond donors (Lipinski definition) is 0. The molecule has 4 rings (SSSR count). The quantitative estimate of drug-likeness (QED) is 0.727. The van der Waals surface area contributed by atoms with Crippen molar-refractivity contribution in [1.29, 1.82) is 5.26 Å². The van der Waals surface area contributed by atoms with Crippen LogP contribution < -0.4 is 4.90 Å². The second-order valence-corrected chi connectivity index (χ2v) is 5.99.